The van der Waals surface area contributed by atoms with Crippen LogP contribution in [0, 0.1) is 6.92 Å². The minimum atomic E-state index is 0.0989. The van der Waals surface area contributed by atoms with Crippen LogP contribution < -0.4 is 4.74 Å². The molecule has 0 amide bonds. The third kappa shape index (κ3) is 2.51. The van der Waals surface area contributed by atoms with E-state index in [1.54, 1.807) is 7.11 Å². The highest BCUT2D eigenvalue weighted by Gasteiger charge is 2.37. The molecule has 1 aliphatic heterocycles. The highest BCUT2D eigenvalue weighted by Crippen LogP contribution is 2.43. The van der Waals surface area contributed by atoms with Crippen LogP contribution >= 0.6 is 0 Å². The fourth-order valence-corrected chi connectivity index (χ4v) is 3.91. The molecule has 0 N–H and O–H groups in total. The monoisotopic (exact) mass is 331 g/mol. The lowest BCUT2D eigenvalue weighted by Gasteiger charge is -2.28. The second-order valence-corrected chi connectivity index (χ2v) is 6.97. The summed E-state index contributed by atoms with van der Waals surface area (Å²) in [5.74, 6) is 2.97. The van der Waals surface area contributed by atoms with Gasteiger partial charge in [-0.05, 0) is 46.1 Å². The van der Waals surface area contributed by atoms with Crippen molar-refractivity contribution in [3.63, 3.8) is 0 Å². The van der Waals surface area contributed by atoms with E-state index in [9.17, 15) is 0 Å². The number of rotatable bonds is 5. The molecule has 1 saturated carbocycles. The summed E-state index contributed by atoms with van der Waals surface area (Å²) in [6, 6.07) is 0.377. The van der Waals surface area contributed by atoms with Gasteiger partial charge in [0.2, 0.25) is 11.8 Å². The Morgan fingerprint density at radius 2 is 2.08 bits per heavy atom. The van der Waals surface area contributed by atoms with Gasteiger partial charge in [-0.1, -0.05) is 5.16 Å². The molecule has 0 radical (unpaired) electrons. The molecular weight excluding hydrogens is 306 g/mol. The van der Waals surface area contributed by atoms with Crippen molar-refractivity contribution in [3.05, 3.63) is 23.0 Å². The molecule has 7 nitrogen and oxygen atoms in total. The molecule has 1 aliphatic carbocycles. The zero-order valence-corrected chi connectivity index (χ0v) is 14.8. The Labute approximate surface area is 142 Å². The molecule has 2 unspecified atom stereocenters. The molecule has 1 saturated heterocycles. The Morgan fingerprint density at radius 1 is 1.29 bits per heavy atom. The maximum Gasteiger partial charge on any atom is 0.243 e. The fraction of sp³-hybridized carbons (Fsp3) is 0.706. The number of ether oxygens (including phenoxy) is 1. The van der Waals surface area contributed by atoms with Crippen LogP contribution in [0.1, 0.15) is 73.6 Å². The zero-order valence-electron chi connectivity index (χ0n) is 14.8. The molecule has 2 aliphatic rings. The van der Waals surface area contributed by atoms with Crippen molar-refractivity contribution in [3.8, 4) is 5.88 Å². The summed E-state index contributed by atoms with van der Waals surface area (Å²) in [7, 11) is 3.64. The summed E-state index contributed by atoms with van der Waals surface area (Å²) in [5, 5.41) is 8.71. The van der Waals surface area contributed by atoms with Crippen molar-refractivity contribution in [2.24, 2.45) is 7.05 Å². The van der Waals surface area contributed by atoms with Crippen LogP contribution in [0.15, 0.2) is 4.52 Å². The van der Waals surface area contributed by atoms with E-state index < -0.39 is 0 Å². The van der Waals surface area contributed by atoms with Crippen LogP contribution in [0.25, 0.3) is 0 Å². The topological polar surface area (TPSA) is 69.2 Å². The lowest BCUT2D eigenvalue weighted by atomic mass is 10.0. The van der Waals surface area contributed by atoms with E-state index in [2.05, 4.69) is 34.0 Å². The normalized spacial score (nSPS) is 22.9. The van der Waals surface area contributed by atoms with E-state index in [0.29, 0.717) is 5.92 Å². The van der Waals surface area contributed by atoms with Gasteiger partial charge in [0.05, 0.1) is 24.4 Å². The van der Waals surface area contributed by atoms with Crippen LogP contribution in [-0.2, 0) is 7.05 Å². The number of likely N-dealkylation sites (tertiary alicyclic amines) is 1. The highest BCUT2D eigenvalue weighted by atomic mass is 16.5. The Morgan fingerprint density at radius 3 is 2.79 bits per heavy atom. The van der Waals surface area contributed by atoms with E-state index in [1.165, 1.54) is 18.4 Å². The van der Waals surface area contributed by atoms with Gasteiger partial charge in [0.15, 0.2) is 5.82 Å². The van der Waals surface area contributed by atoms with Gasteiger partial charge in [-0.2, -0.15) is 10.1 Å². The number of aryl methyl sites for hydroxylation is 2. The fourth-order valence-electron chi connectivity index (χ4n) is 3.91. The quantitative estimate of drug-likeness (QED) is 0.839. The van der Waals surface area contributed by atoms with E-state index >= 15 is 0 Å². The van der Waals surface area contributed by atoms with Crippen molar-refractivity contribution in [2.45, 2.75) is 57.5 Å². The largest absolute Gasteiger partial charge is 0.481 e. The van der Waals surface area contributed by atoms with Crippen LogP contribution in [0.2, 0.25) is 0 Å². The van der Waals surface area contributed by atoms with Gasteiger partial charge in [-0.25, -0.2) is 4.68 Å². The first-order valence-corrected chi connectivity index (χ1v) is 8.77. The van der Waals surface area contributed by atoms with Gasteiger partial charge >= 0.3 is 0 Å². The maximum absolute atomic E-state index is 5.61. The molecule has 0 aromatic carbocycles. The van der Waals surface area contributed by atoms with Crippen molar-refractivity contribution in [1.82, 2.24) is 24.8 Å². The molecule has 4 rings (SSSR count). The van der Waals surface area contributed by atoms with Gasteiger partial charge < -0.3 is 9.26 Å². The Balaban J connectivity index is 1.62. The number of hydrogen-bond acceptors (Lipinski definition) is 6. The van der Waals surface area contributed by atoms with Crippen LogP contribution in [0.5, 0.6) is 5.88 Å². The zero-order chi connectivity index (χ0) is 16.8. The average Bonchev–Trinajstić information content (AvgIpc) is 3.00. The van der Waals surface area contributed by atoms with Gasteiger partial charge in [-0.3, -0.25) is 4.90 Å². The van der Waals surface area contributed by atoms with E-state index in [4.69, 9.17) is 9.26 Å². The molecule has 2 fully saturated rings. The standard InChI is InChI=1S/C17H25N5O2/c1-10-14(17(23-4)21(3)19-10)13-6-5-9-22(13)11(2)16-18-15(20-24-16)12-7-8-12/h11-13H,5-9H2,1-4H3. The molecule has 3 heterocycles. The number of methoxy groups -OCH3 is 1. The number of nitrogens with zero attached hydrogens (tertiary/aromatic N) is 5. The second kappa shape index (κ2) is 5.88. The summed E-state index contributed by atoms with van der Waals surface area (Å²) >= 11 is 0. The van der Waals surface area contributed by atoms with Crippen molar-refractivity contribution >= 4 is 0 Å². The van der Waals surface area contributed by atoms with E-state index in [1.807, 2.05) is 11.7 Å². The first-order valence-electron chi connectivity index (χ1n) is 8.77. The lowest BCUT2D eigenvalue weighted by molar-refractivity contribution is 0.156. The third-order valence-corrected chi connectivity index (χ3v) is 5.29. The van der Waals surface area contributed by atoms with Gasteiger partial charge in [0.1, 0.15) is 0 Å². The molecule has 2 aromatic heterocycles. The molecule has 130 valence electrons. The SMILES string of the molecule is COc1c(C2CCCN2C(C)c2nc(C3CC3)no2)c(C)nn1C. The average molecular weight is 331 g/mol. The van der Waals surface area contributed by atoms with Crippen molar-refractivity contribution in [2.75, 3.05) is 13.7 Å². The summed E-state index contributed by atoms with van der Waals surface area (Å²) in [5.41, 5.74) is 2.22. The smallest absolute Gasteiger partial charge is 0.243 e. The van der Waals surface area contributed by atoms with Crippen molar-refractivity contribution < 1.29 is 9.26 Å². The molecule has 2 aromatic rings. The number of hydrogen-bond donors (Lipinski definition) is 0. The first kappa shape index (κ1) is 15.6. The van der Waals surface area contributed by atoms with E-state index in [-0.39, 0.29) is 12.1 Å². The van der Waals surface area contributed by atoms with Crippen molar-refractivity contribution in [1.29, 1.82) is 0 Å². The Kier molecular flexibility index (Phi) is 3.83. The first-order chi connectivity index (χ1) is 11.6. The minimum Gasteiger partial charge on any atom is -0.481 e. The predicted octanol–water partition coefficient (Wildman–Crippen LogP) is 2.90. The van der Waals surface area contributed by atoms with Gasteiger partial charge in [0, 0.05) is 19.0 Å². The molecule has 2 atom stereocenters. The van der Waals surface area contributed by atoms with Crippen LogP contribution in [0.3, 0.4) is 0 Å². The summed E-state index contributed by atoms with van der Waals surface area (Å²) < 4.78 is 13.0. The summed E-state index contributed by atoms with van der Waals surface area (Å²) in [4.78, 5) is 7.08. The molecular formula is C17H25N5O2. The molecule has 0 bridgehead atoms. The van der Waals surface area contributed by atoms with E-state index in [0.717, 1.165) is 42.7 Å². The predicted molar refractivity (Wildman–Crippen MR) is 87.9 cm³/mol. The molecule has 7 heteroatoms. The Bertz CT molecular complexity index is 733. The molecule has 0 spiro atoms. The summed E-state index contributed by atoms with van der Waals surface area (Å²) in [6.45, 7) is 5.22. The van der Waals surface area contributed by atoms with Crippen LogP contribution in [-0.4, -0.2) is 38.5 Å². The second-order valence-electron chi connectivity index (χ2n) is 6.97. The summed E-state index contributed by atoms with van der Waals surface area (Å²) in [6.07, 6.45) is 4.62. The number of aromatic nitrogens is 4. The Hall–Kier alpha value is -1.89. The lowest BCUT2D eigenvalue weighted by Crippen LogP contribution is -2.27. The highest BCUT2D eigenvalue weighted by molar-refractivity contribution is 5.35. The minimum absolute atomic E-state index is 0.0989. The van der Waals surface area contributed by atoms with Gasteiger partial charge in [-0.15, -0.1) is 0 Å². The van der Waals surface area contributed by atoms with Crippen LogP contribution in [0.4, 0.5) is 0 Å². The maximum atomic E-state index is 5.61. The third-order valence-electron chi connectivity index (χ3n) is 5.29. The molecule has 24 heavy (non-hydrogen) atoms. The van der Waals surface area contributed by atoms with Gasteiger partial charge in [0.25, 0.3) is 0 Å².